The highest BCUT2D eigenvalue weighted by molar-refractivity contribution is 5.92. The third-order valence-electron chi connectivity index (χ3n) is 3.89. The third-order valence-corrected chi connectivity index (χ3v) is 3.89. The van der Waals surface area contributed by atoms with Crippen LogP contribution in [0.1, 0.15) is 25.7 Å². The number of nitrogens with zero attached hydrogens (tertiary/aromatic N) is 1. The van der Waals surface area contributed by atoms with Crippen molar-refractivity contribution >= 4 is 17.3 Å². The van der Waals surface area contributed by atoms with Crippen molar-refractivity contribution in [2.24, 2.45) is 17.6 Å². The number of non-ortho nitro benzene ring substituents is 1. The second-order valence-corrected chi connectivity index (χ2v) is 5.18. The van der Waals surface area contributed by atoms with Gasteiger partial charge in [0.2, 0.25) is 5.91 Å². The molecule has 1 aromatic carbocycles. The van der Waals surface area contributed by atoms with E-state index in [4.69, 9.17) is 5.73 Å². The molecule has 0 heterocycles. The lowest BCUT2D eigenvalue weighted by atomic mass is 9.78. The van der Waals surface area contributed by atoms with Gasteiger partial charge in [0, 0.05) is 23.7 Å². The van der Waals surface area contributed by atoms with E-state index in [0.29, 0.717) is 12.2 Å². The first kappa shape index (κ1) is 14.5. The number of carbonyl (C=O) groups is 1. The van der Waals surface area contributed by atoms with Gasteiger partial charge in [0.25, 0.3) is 5.69 Å². The molecule has 1 saturated carbocycles. The van der Waals surface area contributed by atoms with Gasteiger partial charge < -0.3 is 11.1 Å². The Labute approximate surface area is 117 Å². The molecule has 1 aliphatic rings. The lowest BCUT2D eigenvalue weighted by molar-refractivity contribution is -0.384. The fourth-order valence-electron chi connectivity index (χ4n) is 2.74. The van der Waals surface area contributed by atoms with Crippen molar-refractivity contribution in [1.82, 2.24) is 0 Å². The van der Waals surface area contributed by atoms with Crippen molar-refractivity contribution in [3.8, 4) is 0 Å². The number of hydrogen-bond acceptors (Lipinski definition) is 4. The Balaban J connectivity index is 2.01. The van der Waals surface area contributed by atoms with E-state index < -0.39 is 4.92 Å². The minimum absolute atomic E-state index is 0.0144. The van der Waals surface area contributed by atoms with E-state index >= 15 is 0 Å². The van der Waals surface area contributed by atoms with Crippen LogP contribution < -0.4 is 11.1 Å². The van der Waals surface area contributed by atoms with Crippen LogP contribution in [-0.2, 0) is 4.79 Å². The Morgan fingerprint density at radius 1 is 1.30 bits per heavy atom. The molecule has 0 aliphatic heterocycles. The zero-order valence-electron chi connectivity index (χ0n) is 11.2. The molecule has 1 aromatic rings. The average molecular weight is 277 g/mol. The molecular weight excluding hydrogens is 258 g/mol. The van der Waals surface area contributed by atoms with Crippen molar-refractivity contribution in [2.75, 3.05) is 11.9 Å². The second kappa shape index (κ2) is 6.47. The maximum atomic E-state index is 12.3. The summed E-state index contributed by atoms with van der Waals surface area (Å²) in [6.45, 7) is 0.526. The fourth-order valence-corrected chi connectivity index (χ4v) is 2.74. The molecule has 2 unspecified atom stereocenters. The molecule has 20 heavy (non-hydrogen) atoms. The van der Waals surface area contributed by atoms with Crippen molar-refractivity contribution in [2.45, 2.75) is 25.7 Å². The number of rotatable bonds is 4. The molecule has 0 aromatic heterocycles. The summed E-state index contributed by atoms with van der Waals surface area (Å²) in [6.07, 6.45) is 4.04. The zero-order valence-corrected chi connectivity index (χ0v) is 11.2. The Morgan fingerprint density at radius 2 is 1.95 bits per heavy atom. The van der Waals surface area contributed by atoms with Crippen molar-refractivity contribution in [3.05, 3.63) is 34.4 Å². The molecule has 1 amide bonds. The number of anilines is 1. The first-order valence-corrected chi connectivity index (χ1v) is 6.87. The second-order valence-electron chi connectivity index (χ2n) is 5.18. The molecule has 6 nitrogen and oxygen atoms in total. The molecule has 2 rings (SSSR count). The van der Waals surface area contributed by atoms with E-state index in [1.807, 2.05) is 0 Å². The molecule has 0 radical (unpaired) electrons. The quantitative estimate of drug-likeness (QED) is 0.651. The molecule has 2 atom stereocenters. The Hall–Kier alpha value is -1.95. The molecule has 108 valence electrons. The van der Waals surface area contributed by atoms with Gasteiger partial charge in [-0.25, -0.2) is 0 Å². The summed E-state index contributed by atoms with van der Waals surface area (Å²) in [5.41, 5.74) is 6.32. The van der Waals surface area contributed by atoms with Gasteiger partial charge in [-0.15, -0.1) is 0 Å². The number of nitrogens with two attached hydrogens (primary N) is 1. The number of amides is 1. The highest BCUT2D eigenvalue weighted by Crippen LogP contribution is 2.30. The minimum Gasteiger partial charge on any atom is -0.330 e. The number of nitro benzene ring substituents is 1. The summed E-state index contributed by atoms with van der Waals surface area (Å²) in [5, 5.41) is 13.4. The van der Waals surface area contributed by atoms with Crippen LogP contribution in [0.15, 0.2) is 24.3 Å². The first-order chi connectivity index (χ1) is 9.61. The predicted octanol–water partition coefficient (Wildman–Crippen LogP) is 2.30. The fraction of sp³-hybridized carbons (Fsp3) is 0.500. The molecule has 1 aliphatic carbocycles. The maximum Gasteiger partial charge on any atom is 0.269 e. The predicted molar refractivity (Wildman–Crippen MR) is 76.2 cm³/mol. The van der Waals surface area contributed by atoms with Gasteiger partial charge in [-0.1, -0.05) is 12.8 Å². The maximum absolute atomic E-state index is 12.3. The zero-order chi connectivity index (χ0) is 14.5. The van der Waals surface area contributed by atoms with Gasteiger partial charge in [-0.3, -0.25) is 14.9 Å². The largest absolute Gasteiger partial charge is 0.330 e. The van der Waals surface area contributed by atoms with Gasteiger partial charge in [-0.05, 0) is 37.4 Å². The number of carbonyl (C=O) groups excluding carboxylic acids is 1. The highest BCUT2D eigenvalue weighted by Gasteiger charge is 2.29. The van der Waals surface area contributed by atoms with Gasteiger partial charge in [0.1, 0.15) is 0 Å². The summed E-state index contributed by atoms with van der Waals surface area (Å²) >= 11 is 0. The summed E-state index contributed by atoms with van der Waals surface area (Å²) in [4.78, 5) is 22.4. The lowest BCUT2D eigenvalue weighted by Gasteiger charge is -2.29. The van der Waals surface area contributed by atoms with E-state index in [-0.39, 0.29) is 23.4 Å². The minimum atomic E-state index is -0.461. The summed E-state index contributed by atoms with van der Waals surface area (Å²) in [5.74, 6) is 0.153. The SMILES string of the molecule is NCC1CCCCC1C(=O)Nc1ccc([N+](=O)[O-])cc1. The van der Waals surface area contributed by atoms with Gasteiger partial charge in [0.15, 0.2) is 0 Å². The van der Waals surface area contributed by atoms with Gasteiger partial charge in [0.05, 0.1) is 4.92 Å². The summed E-state index contributed by atoms with van der Waals surface area (Å²) < 4.78 is 0. The lowest BCUT2D eigenvalue weighted by Crippen LogP contribution is -2.35. The molecule has 0 bridgehead atoms. The average Bonchev–Trinajstić information content (AvgIpc) is 2.47. The number of nitro groups is 1. The normalized spacial score (nSPS) is 22.2. The third kappa shape index (κ3) is 3.33. The highest BCUT2D eigenvalue weighted by atomic mass is 16.6. The van der Waals surface area contributed by atoms with Crippen LogP contribution in [0.4, 0.5) is 11.4 Å². The molecule has 1 fully saturated rings. The van der Waals surface area contributed by atoms with E-state index in [1.165, 1.54) is 12.1 Å². The van der Waals surface area contributed by atoms with Crippen LogP contribution in [0, 0.1) is 22.0 Å². The van der Waals surface area contributed by atoms with Gasteiger partial charge >= 0.3 is 0 Å². The van der Waals surface area contributed by atoms with Crippen LogP contribution in [0.3, 0.4) is 0 Å². The van der Waals surface area contributed by atoms with Crippen molar-refractivity contribution in [1.29, 1.82) is 0 Å². The molecular formula is C14H19N3O3. The van der Waals surface area contributed by atoms with E-state index in [9.17, 15) is 14.9 Å². The molecule has 3 N–H and O–H groups in total. The van der Waals surface area contributed by atoms with Crippen molar-refractivity contribution < 1.29 is 9.72 Å². The van der Waals surface area contributed by atoms with Crippen LogP contribution >= 0.6 is 0 Å². The Bertz CT molecular complexity index is 487. The monoisotopic (exact) mass is 277 g/mol. The molecule has 0 spiro atoms. The van der Waals surface area contributed by atoms with Crippen molar-refractivity contribution in [3.63, 3.8) is 0 Å². The van der Waals surface area contributed by atoms with E-state index in [0.717, 1.165) is 25.7 Å². The van der Waals surface area contributed by atoms with Gasteiger partial charge in [-0.2, -0.15) is 0 Å². The van der Waals surface area contributed by atoms with E-state index in [1.54, 1.807) is 12.1 Å². The summed E-state index contributed by atoms with van der Waals surface area (Å²) in [7, 11) is 0. The van der Waals surface area contributed by atoms with Crippen LogP contribution in [0.5, 0.6) is 0 Å². The number of nitrogens with one attached hydrogen (secondary N) is 1. The van der Waals surface area contributed by atoms with Crippen LogP contribution in [0.25, 0.3) is 0 Å². The van der Waals surface area contributed by atoms with E-state index in [2.05, 4.69) is 5.32 Å². The Morgan fingerprint density at radius 3 is 2.55 bits per heavy atom. The smallest absolute Gasteiger partial charge is 0.269 e. The van der Waals surface area contributed by atoms with Crippen LogP contribution in [0.2, 0.25) is 0 Å². The number of hydrogen-bond donors (Lipinski definition) is 2. The summed E-state index contributed by atoms with van der Waals surface area (Å²) in [6, 6.07) is 5.88. The number of benzene rings is 1. The first-order valence-electron chi connectivity index (χ1n) is 6.87. The van der Waals surface area contributed by atoms with Crippen LogP contribution in [-0.4, -0.2) is 17.4 Å². The Kier molecular flexibility index (Phi) is 4.68. The molecule has 0 saturated heterocycles. The standard InChI is InChI=1S/C14H19N3O3/c15-9-10-3-1-2-4-13(10)14(18)16-11-5-7-12(8-6-11)17(19)20/h5-8,10,13H,1-4,9,15H2,(H,16,18). The topological polar surface area (TPSA) is 98.3 Å². The molecule has 6 heteroatoms.